The number of benzene rings is 1. The largest absolute Gasteiger partial charge is 0.354 e. The maximum atomic E-state index is 12.5. The molecule has 2 heterocycles. The van der Waals surface area contributed by atoms with Crippen LogP contribution in [0, 0.1) is 19.8 Å². The summed E-state index contributed by atoms with van der Waals surface area (Å²) in [7, 11) is 0. The number of nitrogens with zero attached hydrogens (tertiary/aromatic N) is 2. The van der Waals surface area contributed by atoms with Crippen LogP contribution in [-0.2, 0) is 0 Å². The first-order chi connectivity index (χ1) is 11.5. The number of amides is 1. The van der Waals surface area contributed by atoms with Gasteiger partial charge in [-0.05, 0) is 68.0 Å². The first kappa shape index (κ1) is 16.5. The fourth-order valence-corrected chi connectivity index (χ4v) is 3.18. The molecule has 0 unspecified atom stereocenters. The van der Waals surface area contributed by atoms with E-state index < -0.39 is 0 Å². The maximum absolute atomic E-state index is 12.5. The number of likely N-dealkylation sites (tertiary alicyclic amines) is 1. The molecule has 4 nitrogen and oxygen atoms in total. The van der Waals surface area contributed by atoms with Gasteiger partial charge in [-0.1, -0.05) is 13.0 Å². The summed E-state index contributed by atoms with van der Waals surface area (Å²) in [6, 6.07) is 10.1. The highest BCUT2D eigenvalue weighted by atomic mass is 16.2. The summed E-state index contributed by atoms with van der Waals surface area (Å²) in [6.45, 7) is 8.08. The first-order valence-electron chi connectivity index (χ1n) is 8.62. The highest BCUT2D eigenvalue weighted by Gasteiger charge is 2.22. The van der Waals surface area contributed by atoms with E-state index in [1.54, 1.807) is 6.20 Å². The molecule has 0 atom stereocenters. The Morgan fingerprint density at radius 1 is 1.08 bits per heavy atom. The zero-order chi connectivity index (χ0) is 17.1. The molecule has 0 aliphatic carbocycles. The van der Waals surface area contributed by atoms with Crippen molar-refractivity contribution >= 4 is 17.3 Å². The molecule has 0 radical (unpaired) electrons. The number of carbonyl (C=O) groups excluding carboxylic acids is 1. The van der Waals surface area contributed by atoms with Crippen LogP contribution in [0.2, 0.25) is 0 Å². The number of hydrogen-bond donors (Lipinski definition) is 1. The third-order valence-corrected chi connectivity index (χ3v) is 4.56. The summed E-state index contributed by atoms with van der Waals surface area (Å²) < 4.78 is 0. The van der Waals surface area contributed by atoms with E-state index in [9.17, 15) is 4.79 Å². The highest BCUT2D eigenvalue weighted by Crippen LogP contribution is 2.21. The van der Waals surface area contributed by atoms with Crippen molar-refractivity contribution in [1.82, 2.24) is 9.88 Å². The molecule has 3 rings (SSSR count). The fraction of sp³-hybridized carbons (Fsp3) is 0.400. The lowest BCUT2D eigenvalue weighted by molar-refractivity contribution is 0.0691. The number of aromatic nitrogens is 1. The van der Waals surface area contributed by atoms with E-state index in [-0.39, 0.29) is 5.91 Å². The Kier molecular flexibility index (Phi) is 4.84. The van der Waals surface area contributed by atoms with Gasteiger partial charge >= 0.3 is 0 Å². The number of rotatable bonds is 3. The molecule has 0 saturated carbocycles. The van der Waals surface area contributed by atoms with E-state index >= 15 is 0 Å². The SMILES string of the molecule is Cc1cc(C)cc(Nc2ccc(C(=O)N3CCC(C)CC3)nc2)c1. The molecule has 1 saturated heterocycles. The lowest BCUT2D eigenvalue weighted by atomic mass is 9.99. The molecule has 0 bridgehead atoms. The van der Waals surface area contributed by atoms with Gasteiger partial charge in [0.2, 0.25) is 0 Å². The molecule has 2 aromatic rings. The Labute approximate surface area is 143 Å². The number of nitrogens with one attached hydrogen (secondary N) is 1. The van der Waals surface area contributed by atoms with Crippen molar-refractivity contribution in [3.05, 3.63) is 53.3 Å². The van der Waals surface area contributed by atoms with Gasteiger partial charge in [-0.25, -0.2) is 4.98 Å². The van der Waals surface area contributed by atoms with Crippen LogP contribution in [0.4, 0.5) is 11.4 Å². The van der Waals surface area contributed by atoms with Gasteiger partial charge in [0, 0.05) is 18.8 Å². The smallest absolute Gasteiger partial charge is 0.272 e. The molecule has 1 aromatic carbocycles. The molecule has 0 spiro atoms. The van der Waals surface area contributed by atoms with Gasteiger partial charge in [0.05, 0.1) is 11.9 Å². The predicted octanol–water partition coefficient (Wildman–Crippen LogP) is 4.31. The quantitative estimate of drug-likeness (QED) is 0.915. The summed E-state index contributed by atoms with van der Waals surface area (Å²) in [5, 5.41) is 3.35. The number of anilines is 2. The standard InChI is InChI=1S/C20H25N3O/c1-14-6-8-23(9-7-14)20(24)19-5-4-17(13-21-19)22-18-11-15(2)10-16(3)12-18/h4-5,10-14,22H,6-9H2,1-3H3. The molecule has 1 fully saturated rings. The summed E-state index contributed by atoms with van der Waals surface area (Å²) in [5.41, 5.74) is 4.89. The Balaban J connectivity index is 1.67. The van der Waals surface area contributed by atoms with Crippen LogP contribution in [0.3, 0.4) is 0 Å². The average molecular weight is 323 g/mol. The highest BCUT2D eigenvalue weighted by molar-refractivity contribution is 5.92. The molecule has 1 N–H and O–H groups in total. The number of aryl methyl sites for hydroxylation is 2. The van der Waals surface area contributed by atoms with Gasteiger partial charge in [-0.2, -0.15) is 0 Å². The molecule has 1 amide bonds. The van der Waals surface area contributed by atoms with E-state index in [0.29, 0.717) is 11.6 Å². The topological polar surface area (TPSA) is 45.2 Å². The lowest BCUT2D eigenvalue weighted by Crippen LogP contribution is -2.38. The second-order valence-corrected chi connectivity index (χ2v) is 6.91. The van der Waals surface area contributed by atoms with Crippen molar-refractivity contribution in [3.8, 4) is 0 Å². The Hall–Kier alpha value is -2.36. The van der Waals surface area contributed by atoms with Gasteiger partial charge in [-0.15, -0.1) is 0 Å². The number of carbonyl (C=O) groups is 1. The maximum Gasteiger partial charge on any atom is 0.272 e. The van der Waals surface area contributed by atoms with E-state index in [0.717, 1.165) is 37.3 Å². The Morgan fingerprint density at radius 2 is 1.75 bits per heavy atom. The molecular formula is C20H25N3O. The molecule has 1 aliphatic rings. The zero-order valence-corrected chi connectivity index (χ0v) is 14.7. The van der Waals surface area contributed by atoms with Crippen molar-refractivity contribution in [1.29, 1.82) is 0 Å². The molecule has 1 aliphatic heterocycles. The monoisotopic (exact) mass is 323 g/mol. The molecule has 126 valence electrons. The van der Waals surface area contributed by atoms with Crippen LogP contribution in [0.15, 0.2) is 36.5 Å². The minimum Gasteiger partial charge on any atom is -0.354 e. The summed E-state index contributed by atoms with van der Waals surface area (Å²) >= 11 is 0. The first-order valence-corrected chi connectivity index (χ1v) is 8.62. The Bertz CT molecular complexity index is 696. The van der Waals surface area contributed by atoms with Crippen molar-refractivity contribution in [2.45, 2.75) is 33.6 Å². The predicted molar refractivity (Wildman–Crippen MR) is 97.7 cm³/mol. The molecular weight excluding hydrogens is 298 g/mol. The second kappa shape index (κ2) is 7.04. The van der Waals surface area contributed by atoms with E-state index in [1.165, 1.54) is 11.1 Å². The molecule has 4 heteroatoms. The van der Waals surface area contributed by atoms with Crippen LogP contribution in [0.25, 0.3) is 0 Å². The van der Waals surface area contributed by atoms with Gasteiger partial charge < -0.3 is 10.2 Å². The van der Waals surface area contributed by atoms with Crippen molar-refractivity contribution in [2.75, 3.05) is 18.4 Å². The minimum atomic E-state index is 0.0415. The summed E-state index contributed by atoms with van der Waals surface area (Å²) in [6.07, 6.45) is 3.90. The van der Waals surface area contributed by atoms with E-state index in [2.05, 4.69) is 49.3 Å². The molecule has 24 heavy (non-hydrogen) atoms. The minimum absolute atomic E-state index is 0.0415. The zero-order valence-electron chi connectivity index (χ0n) is 14.7. The van der Waals surface area contributed by atoms with Crippen LogP contribution in [-0.4, -0.2) is 28.9 Å². The lowest BCUT2D eigenvalue weighted by Gasteiger charge is -2.30. The van der Waals surface area contributed by atoms with Gasteiger partial charge in [-0.3, -0.25) is 4.79 Å². The van der Waals surface area contributed by atoms with Crippen LogP contribution in [0.5, 0.6) is 0 Å². The number of hydrogen-bond acceptors (Lipinski definition) is 3. The third-order valence-electron chi connectivity index (χ3n) is 4.56. The van der Waals surface area contributed by atoms with Crippen molar-refractivity contribution < 1.29 is 4.79 Å². The van der Waals surface area contributed by atoms with E-state index in [1.807, 2.05) is 17.0 Å². The Morgan fingerprint density at radius 3 is 2.33 bits per heavy atom. The average Bonchev–Trinajstić information content (AvgIpc) is 2.55. The summed E-state index contributed by atoms with van der Waals surface area (Å²) in [5.74, 6) is 0.756. The van der Waals surface area contributed by atoms with Gasteiger partial charge in [0.25, 0.3) is 5.91 Å². The number of pyridine rings is 1. The normalized spacial score (nSPS) is 15.4. The fourth-order valence-electron chi connectivity index (χ4n) is 3.18. The van der Waals surface area contributed by atoms with Crippen LogP contribution in [0.1, 0.15) is 41.4 Å². The van der Waals surface area contributed by atoms with Crippen LogP contribution >= 0.6 is 0 Å². The second-order valence-electron chi connectivity index (χ2n) is 6.91. The summed E-state index contributed by atoms with van der Waals surface area (Å²) in [4.78, 5) is 18.8. The molecule has 1 aromatic heterocycles. The number of piperidine rings is 1. The van der Waals surface area contributed by atoms with E-state index in [4.69, 9.17) is 0 Å². The van der Waals surface area contributed by atoms with Crippen molar-refractivity contribution in [3.63, 3.8) is 0 Å². The van der Waals surface area contributed by atoms with Crippen LogP contribution < -0.4 is 5.32 Å². The van der Waals surface area contributed by atoms with Gasteiger partial charge in [0.1, 0.15) is 5.69 Å². The van der Waals surface area contributed by atoms with Crippen molar-refractivity contribution in [2.24, 2.45) is 5.92 Å². The third kappa shape index (κ3) is 3.94. The van der Waals surface area contributed by atoms with Gasteiger partial charge in [0.15, 0.2) is 0 Å².